The first kappa shape index (κ1) is 21.5. The minimum atomic E-state index is 0.116. The number of imidazole rings is 1. The summed E-state index contributed by atoms with van der Waals surface area (Å²) in [6, 6.07) is 15.3. The van der Waals surface area contributed by atoms with E-state index in [0.29, 0.717) is 12.5 Å². The lowest BCUT2D eigenvalue weighted by Crippen LogP contribution is -2.34. The second-order valence-electron chi connectivity index (χ2n) is 8.81. The fourth-order valence-corrected chi connectivity index (χ4v) is 4.52. The van der Waals surface area contributed by atoms with Gasteiger partial charge in [0.25, 0.3) is 0 Å². The summed E-state index contributed by atoms with van der Waals surface area (Å²) in [6.45, 7) is 7.14. The molecule has 1 fully saturated rings. The monoisotopic (exact) mass is 419 g/mol. The van der Waals surface area contributed by atoms with Crippen LogP contribution in [0.3, 0.4) is 0 Å². The van der Waals surface area contributed by atoms with Crippen LogP contribution in [0.1, 0.15) is 57.0 Å². The van der Waals surface area contributed by atoms with Crippen LogP contribution in [-0.4, -0.2) is 44.5 Å². The third-order valence-corrected chi connectivity index (χ3v) is 5.95. The van der Waals surface area contributed by atoms with Gasteiger partial charge in [0.2, 0.25) is 5.91 Å². The summed E-state index contributed by atoms with van der Waals surface area (Å²) < 4.78 is 2.36. The predicted octanol–water partition coefficient (Wildman–Crippen LogP) is 4.12. The van der Waals surface area contributed by atoms with Crippen LogP contribution in [0.5, 0.6) is 0 Å². The van der Waals surface area contributed by atoms with Gasteiger partial charge in [0.15, 0.2) is 5.65 Å². The minimum absolute atomic E-state index is 0.116. The van der Waals surface area contributed by atoms with Crippen molar-refractivity contribution in [2.75, 3.05) is 13.1 Å². The molecule has 31 heavy (non-hydrogen) atoms. The Morgan fingerprint density at radius 2 is 1.90 bits per heavy atom. The number of rotatable bonds is 8. The van der Waals surface area contributed by atoms with E-state index in [4.69, 9.17) is 4.98 Å². The highest BCUT2D eigenvalue weighted by atomic mass is 16.1. The summed E-state index contributed by atoms with van der Waals surface area (Å²) in [5.41, 5.74) is 3.30. The molecule has 6 nitrogen and oxygen atoms in total. The first-order chi connectivity index (χ1) is 15.1. The van der Waals surface area contributed by atoms with Crippen molar-refractivity contribution in [1.82, 2.24) is 24.8 Å². The molecule has 0 spiro atoms. The maximum atomic E-state index is 12.0. The van der Waals surface area contributed by atoms with E-state index in [2.05, 4.69) is 50.1 Å². The fraction of sp³-hybridized carbons (Fsp3) is 0.480. The Morgan fingerprint density at radius 3 is 2.65 bits per heavy atom. The van der Waals surface area contributed by atoms with Gasteiger partial charge < -0.3 is 9.88 Å². The predicted molar refractivity (Wildman–Crippen MR) is 124 cm³/mol. The van der Waals surface area contributed by atoms with Gasteiger partial charge in [-0.15, -0.1) is 0 Å². The Kier molecular flexibility index (Phi) is 6.97. The fourth-order valence-electron chi connectivity index (χ4n) is 4.52. The highest BCUT2D eigenvalue weighted by molar-refractivity contribution is 5.76. The zero-order valence-corrected chi connectivity index (χ0v) is 18.6. The number of likely N-dealkylation sites (tertiary alicyclic amines) is 1. The summed E-state index contributed by atoms with van der Waals surface area (Å²) >= 11 is 0. The van der Waals surface area contributed by atoms with Crippen LogP contribution in [0.25, 0.3) is 11.2 Å². The van der Waals surface area contributed by atoms with Gasteiger partial charge in [-0.3, -0.25) is 9.69 Å². The standard InChI is InChI=1S/C25H33N5O/c1-19(2)27-24(31)12-6-11-23-28-22-10-7-15-26-25(22)30(23)21-13-16-29(17-14-21)18-20-8-4-3-5-9-20/h3-5,7-10,15,19,21H,6,11-14,16-18H2,1-2H3,(H,27,31). The average Bonchev–Trinajstić information content (AvgIpc) is 3.13. The molecule has 1 aliphatic heterocycles. The lowest BCUT2D eigenvalue weighted by Gasteiger charge is -2.33. The molecule has 3 heterocycles. The zero-order chi connectivity index (χ0) is 21.6. The molecule has 1 N–H and O–H groups in total. The Morgan fingerprint density at radius 1 is 1.13 bits per heavy atom. The molecule has 164 valence electrons. The Balaban J connectivity index is 1.43. The number of fused-ring (bicyclic) bond motifs is 1. The van der Waals surface area contributed by atoms with Crippen LogP contribution in [0, 0.1) is 0 Å². The van der Waals surface area contributed by atoms with Gasteiger partial charge in [-0.25, -0.2) is 9.97 Å². The third-order valence-electron chi connectivity index (χ3n) is 5.95. The normalized spacial score (nSPS) is 15.6. The number of amides is 1. The topological polar surface area (TPSA) is 63.1 Å². The number of pyridine rings is 1. The third kappa shape index (κ3) is 5.50. The molecule has 1 aliphatic rings. The molecule has 4 rings (SSSR count). The van der Waals surface area contributed by atoms with Crippen molar-refractivity contribution in [3.63, 3.8) is 0 Å². The van der Waals surface area contributed by atoms with Crippen molar-refractivity contribution >= 4 is 17.1 Å². The molecule has 0 atom stereocenters. The van der Waals surface area contributed by atoms with Gasteiger partial charge in [0.05, 0.1) is 0 Å². The van der Waals surface area contributed by atoms with Gasteiger partial charge in [-0.05, 0) is 50.8 Å². The molecular weight excluding hydrogens is 386 g/mol. The smallest absolute Gasteiger partial charge is 0.220 e. The number of nitrogens with one attached hydrogen (secondary N) is 1. The van der Waals surface area contributed by atoms with E-state index >= 15 is 0 Å². The van der Waals surface area contributed by atoms with E-state index in [9.17, 15) is 4.79 Å². The Labute approximate surface area is 184 Å². The summed E-state index contributed by atoms with van der Waals surface area (Å²) in [4.78, 5) is 24.1. The van der Waals surface area contributed by atoms with Gasteiger partial charge in [0.1, 0.15) is 11.3 Å². The van der Waals surface area contributed by atoms with Crippen molar-refractivity contribution in [2.45, 2.75) is 64.6 Å². The van der Waals surface area contributed by atoms with Gasteiger partial charge >= 0.3 is 0 Å². The number of nitrogens with zero attached hydrogens (tertiary/aromatic N) is 4. The van der Waals surface area contributed by atoms with Gasteiger partial charge in [0, 0.05) is 50.8 Å². The molecule has 1 saturated heterocycles. The van der Waals surface area contributed by atoms with E-state index in [1.54, 1.807) is 0 Å². The van der Waals surface area contributed by atoms with E-state index in [1.165, 1.54) is 5.56 Å². The maximum absolute atomic E-state index is 12.0. The number of aromatic nitrogens is 3. The average molecular weight is 420 g/mol. The molecule has 0 saturated carbocycles. The van der Waals surface area contributed by atoms with Gasteiger partial charge in [-0.1, -0.05) is 30.3 Å². The molecule has 0 unspecified atom stereocenters. The second-order valence-corrected chi connectivity index (χ2v) is 8.81. The molecule has 2 aromatic heterocycles. The van der Waals surface area contributed by atoms with Crippen LogP contribution < -0.4 is 5.32 Å². The Hall–Kier alpha value is -2.73. The van der Waals surface area contributed by atoms with Crippen molar-refractivity contribution < 1.29 is 4.79 Å². The van der Waals surface area contributed by atoms with E-state index in [1.807, 2.05) is 32.2 Å². The lowest BCUT2D eigenvalue weighted by molar-refractivity contribution is -0.121. The molecule has 1 amide bonds. The molecule has 0 bridgehead atoms. The first-order valence-corrected chi connectivity index (χ1v) is 11.5. The molecule has 3 aromatic rings. The van der Waals surface area contributed by atoms with Crippen LogP contribution in [0.2, 0.25) is 0 Å². The SMILES string of the molecule is CC(C)NC(=O)CCCc1nc2cccnc2n1C1CCN(Cc2ccccc2)CC1. The van der Waals surface area contributed by atoms with Crippen LogP contribution >= 0.6 is 0 Å². The molecule has 6 heteroatoms. The number of hydrogen-bond donors (Lipinski definition) is 1. The van der Waals surface area contributed by atoms with E-state index in [-0.39, 0.29) is 11.9 Å². The van der Waals surface area contributed by atoms with Crippen molar-refractivity contribution in [1.29, 1.82) is 0 Å². The quantitative estimate of drug-likeness (QED) is 0.597. The minimum Gasteiger partial charge on any atom is -0.354 e. The lowest BCUT2D eigenvalue weighted by atomic mass is 10.0. The number of piperidine rings is 1. The van der Waals surface area contributed by atoms with Crippen molar-refractivity contribution in [2.24, 2.45) is 0 Å². The van der Waals surface area contributed by atoms with Crippen molar-refractivity contribution in [3.05, 3.63) is 60.0 Å². The number of aryl methyl sites for hydroxylation is 1. The maximum Gasteiger partial charge on any atom is 0.220 e. The van der Waals surface area contributed by atoms with Crippen LogP contribution in [-0.2, 0) is 17.8 Å². The summed E-state index contributed by atoms with van der Waals surface area (Å²) in [5, 5.41) is 2.97. The second kappa shape index (κ2) is 10.1. The summed E-state index contributed by atoms with van der Waals surface area (Å²) in [5.74, 6) is 1.18. The number of carbonyl (C=O) groups is 1. The molecule has 0 aliphatic carbocycles. The van der Waals surface area contributed by atoms with Crippen LogP contribution in [0.15, 0.2) is 48.7 Å². The van der Waals surface area contributed by atoms with Crippen molar-refractivity contribution in [3.8, 4) is 0 Å². The zero-order valence-electron chi connectivity index (χ0n) is 18.6. The van der Waals surface area contributed by atoms with E-state index in [0.717, 1.165) is 62.3 Å². The molecule has 1 aromatic carbocycles. The number of benzene rings is 1. The number of hydrogen-bond acceptors (Lipinski definition) is 4. The summed E-state index contributed by atoms with van der Waals surface area (Å²) in [7, 11) is 0. The highest BCUT2D eigenvalue weighted by Crippen LogP contribution is 2.29. The van der Waals surface area contributed by atoms with Crippen LogP contribution in [0.4, 0.5) is 0 Å². The number of carbonyl (C=O) groups excluding carboxylic acids is 1. The molecule has 0 radical (unpaired) electrons. The molecular formula is C25H33N5O. The van der Waals surface area contributed by atoms with E-state index < -0.39 is 0 Å². The Bertz CT molecular complexity index is 990. The highest BCUT2D eigenvalue weighted by Gasteiger charge is 2.25. The summed E-state index contributed by atoms with van der Waals surface area (Å²) in [6.07, 6.45) is 6.17. The largest absolute Gasteiger partial charge is 0.354 e. The first-order valence-electron chi connectivity index (χ1n) is 11.5. The van der Waals surface area contributed by atoms with Gasteiger partial charge in [-0.2, -0.15) is 0 Å².